The molecule has 2 unspecified atom stereocenters. The first-order valence-electron chi connectivity index (χ1n) is 6.24. The Labute approximate surface area is 94.5 Å². The lowest BCUT2D eigenvalue weighted by molar-refractivity contribution is 0.0542. The average Bonchev–Trinajstić information content (AvgIpc) is 2.58. The summed E-state index contributed by atoms with van der Waals surface area (Å²) in [7, 11) is 2.31. The molecule has 1 aliphatic heterocycles. The fourth-order valence-electron chi connectivity index (χ4n) is 3.92. The van der Waals surface area contributed by atoms with Crippen molar-refractivity contribution in [1.29, 1.82) is 0 Å². The zero-order valence-corrected chi connectivity index (χ0v) is 10.8. The second-order valence-electron chi connectivity index (χ2n) is 6.68. The summed E-state index contributed by atoms with van der Waals surface area (Å²) in [4.78, 5) is 2.61. The van der Waals surface area contributed by atoms with Crippen LogP contribution >= 0.6 is 0 Å². The highest BCUT2D eigenvalue weighted by atomic mass is 15.2. The summed E-state index contributed by atoms with van der Waals surface area (Å²) in [6, 6.07) is 0. The van der Waals surface area contributed by atoms with Crippen LogP contribution in [0.1, 0.15) is 46.5 Å². The van der Waals surface area contributed by atoms with Crippen LogP contribution in [0, 0.1) is 11.3 Å². The predicted octanol–water partition coefficient (Wildman–Crippen LogP) is 3.46. The molecule has 1 nitrogen and oxygen atoms in total. The highest BCUT2D eigenvalue weighted by molar-refractivity contribution is 5.20. The maximum Gasteiger partial charge on any atom is 0.0280 e. The van der Waals surface area contributed by atoms with Crippen molar-refractivity contribution in [3.05, 3.63) is 12.2 Å². The molecule has 1 saturated heterocycles. The van der Waals surface area contributed by atoms with Crippen LogP contribution in [0.2, 0.25) is 0 Å². The smallest absolute Gasteiger partial charge is 0.0280 e. The van der Waals surface area contributed by atoms with Crippen LogP contribution in [0.4, 0.5) is 0 Å². The van der Waals surface area contributed by atoms with Crippen molar-refractivity contribution in [1.82, 2.24) is 4.90 Å². The molecule has 2 atom stereocenters. The molecule has 1 heterocycles. The summed E-state index contributed by atoms with van der Waals surface area (Å²) in [5.41, 5.74) is 2.34. The fourth-order valence-corrected chi connectivity index (χ4v) is 3.92. The molecule has 1 spiro atoms. The largest absolute Gasteiger partial charge is 0.300 e. The Hall–Kier alpha value is -0.300. The van der Waals surface area contributed by atoms with E-state index in [4.69, 9.17) is 0 Å². The highest BCUT2D eigenvalue weighted by Gasteiger charge is 2.53. The molecular formula is C14H25N. The van der Waals surface area contributed by atoms with Crippen LogP contribution in [0.3, 0.4) is 0 Å². The second-order valence-corrected chi connectivity index (χ2v) is 6.68. The van der Waals surface area contributed by atoms with E-state index < -0.39 is 0 Å². The zero-order valence-electron chi connectivity index (χ0n) is 10.8. The molecule has 1 aliphatic carbocycles. The summed E-state index contributed by atoms with van der Waals surface area (Å²) >= 11 is 0. The molecule has 0 amide bonds. The van der Waals surface area contributed by atoms with E-state index in [9.17, 15) is 0 Å². The topological polar surface area (TPSA) is 3.24 Å². The fraction of sp³-hybridized carbons (Fsp3) is 0.857. The third-order valence-corrected chi connectivity index (χ3v) is 4.61. The second kappa shape index (κ2) is 3.35. The van der Waals surface area contributed by atoms with Gasteiger partial charge in [0.25, 0.3) is 0 Å². The minimum Gasteiger partial charge on any atom is -0.300 e. The summed E-state index contributed by atoms with van der Waals surface area (Å²) < 4.78 is 0. The van der Waals surface area contributed by atoms with Gasteiger partial charge >= 0.3 is 0 Å². The van der Waals surface area contributed by atoms with Gasteiger partial charge in [0.05, 0.1) is 0 Å². The van der Waals surface area contributed by atoms with Crippen LogP contribution in [-0.4, -0.2) is 24.0 Å². The van der Waals surface area contributed by atoms with E-state index in [0.29, 0.717) is 11.0 Å². The number of nitrogens with zero attached hydrogens (tertiary/aromatic N) is 1. The maximum atomic E-state index is 4.24. The standard InChI is InChI=1S/C14H25N/c1-11-9-12(13(2,3)4)14(10-11)7-6-8-15(14)5/h12H,1,6-10H2,2-5H3. The number of rotatable bonds is 0. The molecule has 1 saturated carbocycles. The molecule has 0 radical (unpaired) electrons. The first kappa shape index (κ1) is 11.2. The van der Waals surface area contributed by atoms with Crippen LogP contribution in [0.25, 0.3) is 0 Å². The molecule has 0 N–H and O–H groups in total. The average molecular weight is 207 g/mol. The molecule has 15 heavy (non-hydrogen) atoms. The summed E-state index contributed by atoms with van der Waals surface area (Å²) in [5.74, 6) is 0.796. The molecular weight excluding hydrogens is 182 g/mol. The SMILES string of the molecule is C=C1CC(C(C)(C)C)C2(CCCN2C)C1. The van der Waals surface area contributed by atoms with Gasteiger partial charge in [-0.15, -0.1) is 0 Å². The lowest BCUT2D eigenvalue weighted by atomic mass is 9.69. The molecule has 2 fully saturated rings. The van der Waals surface area contributed by atoms with Crippen molar-refractivity contribution >= 4 is 0 Å². The van der Waals surface area contributed by atoms with Gasteiger partial charge in [-0.25, -0.2) is 0 Å². The Morgan fingerprint density at radius 1 is 1.40 bits per heavy atom. The van der Waals surface area contributed by atoms with Crippen molar-refractivity contribution in [2.24, 2.45) is 11.3 Å². The molecule has 1 heteroatoms. The van der Waals surface area contributed by atoms with Crippen LogP contribution in [0.5, 0.6) is 0 Å². The quantitative estimate of drug-likeness (QED) is 0.550. The van der Waals surface area contributed by atoms with Gasteiger partial charge in [-0.05, 0) is 50.6 Å². The van der Waals surface area contributed by atoms with Crippen molar-refractivity contribution in [3.63, 3.8) is 0 Å². The first-order chi connectivity index (χ1) is 6.86. The number of hydrogen-bond donors (Lipinski definition) is 0. The number of likely N-dealkylation sites (tertiary alicyclic amines) is 1. The van der Waals surface area contributed by atoms with Crippen LogP contribution < -0.4 is 0 Å². The van der Waals surface area contributed by atoms with Crippen molar-refractivity contribution in [2.45, 2.75) is 52.0 Å². The third-order valence-electron chi connectivity index (χ3n) is 4.61. The molecule has 86 valence electrons. The normalized spacial score (nSPS) is 38.1. The van der Waals surface area contributed by atoms with E-state index in [1.807, 2.05) is 0 Å². The summed E-state index contributed by atoms with van der Waals surface area (Å²) in [6.45, 7) is 12.7. The van der Waals surface area contributed by atoms with Crippen LogP contribution in [0.15, 0.2) is 12.2 Å². The van der Waals surface area contributed by atoms with E-state index in [2.05, 4.69) is 39.3 Å². The lowest BCUT2D eigenvalue weighted by Gasteiger charge is -2.44. The maximum absolute atomic E-state index is 4.24. The number of hydrogen-bond acceptors (Lipinski definition) is 1. The van der Waals surface area contributed by atoms with Gasteiger partial charge in [-0.2, -0.15) is 0 Å². The third kappa shape index (κ3) is 1.65. The van der Waals surface area contributed by atoms with Gasteiger partial charge in [0, 0.05) is 5.54 Å². The monoisotopic (exact) mass is 207 g/mol. The first-order valence-corrected chi connectivity index (χ1v) is 6.24. The van der Waals surface area contributed by atoms with Crippen molar-refractivity contribution < 1.29 is 0 Å². The van der Waals surface area contributed by atoms with E-state index in [1.54, 1.807) is 0 Å². The Morgan fingerprint density at radius 3 is 2.53 bits per heavy atom. The van der Waals surface area contributed by atoms with Gasteiger partial charge in [-0.3, -0.25) is 0 Å². The van der Waals surface area contributed by atoms with E-state index in [0.717, 1.165) is 5.92 Å². The molecule has 0 bridgehead atoms. The molecule has 0 aromatic carbocycles. The molecule has 0 aromatic heterocycles. The summed E-state index contributed by atoms with van der Waals surface area (Å²) in [6.07, 6.45) is 5.24. The Kier molecular flexibility index (Phi) is 2.50. The van der Waals surface area contributed by atoms with E-state index in [1.165, 1.54) is 37.8 Å². The lowest BCUT2D eigenvalue weighted by Crippen LogP contribution is -2.48. The summed E-state index contributed by atoms with van der Waals surface area (Å²) in [5, 5.41) is 0. The minimum absolute atomic E-state index is 0.415. The molecule has 2 aliphatic rings. The molecule has 0 aromatic rings. The van der Waals surface area contributed by atoms with Crippen molar-refractivity contribution in [2.75, 3.05) is 13.6 Å². The van der Waals surface area contributed by atoms with Crippen LogP contribution in [-0.2, 0) is 0 Å². The predicted molar refractivity (Wildman–Crippen MR) is 65.9 cm³/mol. The highest BCUT2D eigenvalue weighted by Crippen LogP contribution is 2.54. The Morgan fingerprint density at radius 2 is 2.07 bits per heavy atom. The molecule has 2 rings (SSSR count). The van der Waals surface area contributed by atoms with Crippen molar-refractivity contribution in [3.8, 4) is 0 Å². The zero-order chi connectivity index (χ0) is 11.3. The van der Waals surface area contributed by atoms with Gasteiger partial charge in [0.15, 0.2) is 0 Å². The van der Waals surface area contributed by atoms with E-state index >= 15 is 0 Å². The van der Waals surface area contributed by atoms with Gasteiger partial charge < -0.3 is 4.90 Å². The van der Waals surface area contributed by atoms with Gasteiger partial charge in [-0.1, -0.05) is 32.9 Å². The Bertz CT molecular complexity index is 274. The van der Waals surface area contributed by atoms with Gasteiger partial charge in [0.1, 0.15) is 0 Å². The minimum atomic E-state index is 0.415. The van der Waals surface area contributed by atoms with Gasteiger partial charge in [0.2, 0.25) is 0 Å². The van der Waals surface area contributed by atoms with E-state index in [-0.39, 0.29) is 0 Å². The Balaban J connectivity index is 2.33.